The molecule has 2 rings (SSSR count). The summed E-state index contributed by atoms with van der Waals surface area (Å²) in [4.78, 5) is 4.14. The molecule has 0 aliphatic rings. The molecule has 0 bridgehead atoms. The molecule has 0 aromatic carbocycles. The Kier molecular flexibility index (Phi) is 4.18. The molecule has 0 aliphatic heterocycles. The number of nitrogens with zero attached hydrogens (tertiary/aromatic N) is 2. The lowest BCUT2D eigenvalue weighted by Gasteiger charge is -2.03. The minimum absolute atomic E-state index is 0.242. The van der Waals surface area contributed by atoms with Gasteiger partial charge in [-0.1, -0.05) is 5.16 Å². The Bertz CT molecular complexity index is 443. The van der Waals surface area contributed by atoms with E-state index in [0.29, 0.717) is 29.0 Å². The van der Waals surface area contributed by atoms with Crippen LogP contribution in [0.1, 0.15) is 5.89 Å². The Morgan fingerprint density at radius 2 is 2.35 bits per heavy atom. The zero-order valence-electron chi connectivity index (χ0n) is 8.94. The molecule has 0 unspecified atom stereocenters. The van der Waals surface area contributed by atoms with Gasteiger partial charge in [-0.05, 0) is 12.1 Å². The van der Waals surface area contributed by atoms with Crippen LogP contribution in [0.3, 0.4) is 0 Å². The topological polar surface area (TPSA) is 92.5 Å². The maximum Gasteiger partial charge on any atom is 0.238 e. The fourth-order valence-corrected chi connectivity index (χ4v) is 1.94. The fraction of sp³-hybridized carbons (Fsp3) is 0.400. The SMILES string of the molecule is OC[C@@H](O)CSCc1nc(-c2ccco2)no1. The predicted octanol–water partition coefficient (Wildman–Crippen LogP) is 0.916. The van der Waals surface area contributed by atoms with Crippen molar-refractivity contribution in [3.8, 4) is 11.6 Å². The minimum Gasteiger partial charge on any atom is -0.461 e. The van der Waals surface area contributed by atoms with Crippen LogP contribution in [0.5, 0.6) is 0 Å². The van der Waals surface area contributed by atoms with E-state index in [1.807, 2.05) is 0 Å². The lowest BCUT2D eigenvalue weighted by molar-refractivity contribution is 0.113. The molecule has 0 fully saturated rings. The smallest absolute Gasteiger partial charge is 0.238 e. The highest BCUT2D eigenvalue weighted by atomic mass is 32.2. The van der Waals surface area contributed by atoms with Gasteiger partial charge in [-0.15, -0.1) is 11.8 Å². The molecule has 0 amide bonds. The Hall–Kier alpha value is -1.31. The maximum absolute atomic E-state index is 9.14. The van der Waals surface area contributed by atoms with Gasteiger partial charge >= 0.3 is 0 Å². The second-order valence-electron chi connectivity index (χ2n) is 3.34. The molecule has 7 heteroatoms. The molecule has 2 aromatic heterocycles. The van der Waals surface area contributed by atoms with Gasteiger partial charge in [-0.2, -0.15) is 4.98 Å². The van der Waals surface area contributed by atoms with Crippen molar-refractivity contribution < 1.29 is 19.2 Å². The van der Waals surface area contributed by atoms with Crippen LogP contribution < -0.4 is 0 Å². The van der Waals surface area contributed by atoms with Crippen molar-refractivity contribution in [3.05, 3.63) is 24.3 Å². The van der Waals surface area contributed by atoms with Crippen LogP contribution in [0.15, 0.2) is 27.3 Å². The number of aromatic nitrogens is 2. The van der Waals surface area contributed by atoms with Gasteiger partial charge in [0.05, 0.1) is 24.7 Å². The molecule has 0 spiro atoms. The summed E-state index contributed by atoms with van der Waals surface area (Å²) in [5.74, 6) is 2.35. The first-order valence-corrected chi connectivity index (χ1v) is 6.18. The average molecular weight is 256 g/mol. The first-order chi connectivity index (χ1) is 8.29. The van der Waals surface area contributed by atoms with Gasteiger partial charge in [0.25, 0.3) is 0 Å². The van der Waals surface area contributed by atoms with E-state index in [0.717, 1.165) is 0 Å². The molecule has 92 valence electrons. The van der Waals surface area contributed by atoms with Gasteiger partial charge in [0.2, 0.25) is 11.7 Å². The van der Waals surface area contributed by atoms with E-state index < -0.39 is 6.10 Å². The van der Waals surface area contributed by atoms with Crippen molar-refractivity contribution in [2.24, 2.45) is 0 Å². The van der Waals surface area contributed by atoms with Crippen molar-refractivity contribution in [1.29, 1.82) is 0 Å². The van der Waals surface area contributed by atoms with E-state index in [-0.39, 0.29) is 6.61 Å². The molecule has 2 heterocycles. The summed E-state index contributed by atoms with van der Waals surface area (Å²) in [5, 5.41) is 21.5. The number of aliphatic hydroxyl groups excluding tert-OH is 2. The first kappa shape index (κ1) is 12.2. The highest BCUT2D eigenvalue weighted by Crippen LogP contribution is 2.18. The lowest BCUT2D eigenvalue weighted by Crippen LogP contribution is -2.14. The zero-order valence-corrected chi connectivity index (χ0v) is 9.76. The predicted molar refractivity (Wildman–Crippen MR) is 61.3 cm³/mol. The van der Waals surface area contributed by atoms with Crippen molar-refractivity contribution in [3.63, 3.8) is 0 Å². The van der Waals surface area contributed by atoms with E-state index in [2.05, 4.69) is 10.1 Å². The summed E-state index contributed by atoms with van der Waals surface area (Å²) in [6.45, 7) is -0.242. The number of furan rings is 1. The van der Waals surface area contributed by atoms with Crippen molar-refractivity contribution in [2.45, 2.75) is 11.9 Å². The van der Waals surface area contributed by atoms with E-state index in [1.165, 1.54) is 18.0 Å². The largest absolute Gasteiger partial charge is 0.461 e. The zero-order chi connectivity index (χ0) is 12.1. The third kappa shape index (κ3) is 3.32. The normalized spacial score (nSPS) is 12.8. The fourth-order valence-electron chi connectivity index (χ4n) is 1.15. The number of rotatable bonds is 6. The number of hydrogen-bond donors (Lipinski definition) is 2. The van der Waals surface area contributed by atoms with Crippen LogP contribution in [-0.2, 0) is 5.75 Å². The van der Waals surface area contributed by atoms with Gasteiger partial charge in [0, 0.05) is 5.75 Å². The van der Waals surface area contributed by atoms with Gasteiger partial charge in [-0.3, -0.25) is 0 Å². The molecule has 2 aromatic rings. The molecule has 0 aliphatic carbocycles. The summed E-state index contributed by atoms with van der Waals surface area (Å²) in [6, 6.07) is 3.50. The van der Waals surface area contributed by atoms with E-state index in [9.17, 15) is 0 Å². The average Bonchev–Trinajstić information content (AvgIpc) is 2.98. The molecular weight excluding hydrogens is 244 g/mol. The summed E-state index contributed by atoms with van der Waals surface area (Å²) in [5.41, 5.74) is 0. The van der Waals surface area contributed by atoms with E-state index in [4.69, 9.17) is 19.2 Å². The van der Waals surface area contributed by atoms with Crippen LogP contribution in [0.2, 0.25) is 0 Å². The molecule has 0 saturated carbocycles. The van der Waals surface area contributed by atoms with Crippen LogP contribution in [0.25, 0.3) is 11.6 Å². The second kappa shape index (κ2) is 5.85. The molecule has 1 atom stereocenters. The van der Waals surface area contributed by atoms with Gasteiger partial charge < -0.3 is 19.2 Å². The quantitative estimate of drug-likeness (QED) is 0.793. The number of aliphatic hydroxyl groups is 2. The summed E-state index contributed by atoms with van der Waals surface area (Å²) >= 11 is 1.41. The van der Waals surface area contributed by atoms with Gasteiger partial charge in [0.15, 0.2) is 5.76 Å². The van der Waals surface area contributed by atoms with Crippen molar-refractivity contribution in [2.75, 3.05) is 12.4 Å². The second-order valence-corrected chi connectivity index (χ2v) is 4.37. The summed E-state index contributed by atoms with van der Waals surface area (Å²) in [6.07, 6.45) is 0.824. The molecule has 6 nitrogen and oxygen atoms in total. The van der Waals surface area contributed by atoms with Gasteiger partial charge in [0.1, 0.15) is 0 Å². The summed E-state index contributed by atoms with van der Waals surface area (Å²) in [7, 11) is 0. The lowest BCUT2D eigenvalue weighted by atomic mass is 10.4. The monoisotopic (exact) mass is 256 g/mol. The van der Waals surface area contributed by atoms with Crippen molar-refractivity contribution >= 4 is 11.8 Å². The van der Waals surface area contributed by atoms with Crippen LogP contribution in [0.4, 0.5) is 0 Å². The Balaban J connectivity index is 1.87. The number of hydrogen-bond acceptors (Lipinski definition) is 7. The van der Waals surface area contributed by atoms with E-state index >= 15 is 0 Å². The molecule has 2 N–H and O–H groups in total. The molecule has 0 saturated heterocycles. The third-order valence-electron chi connectivity index (χ3n) is 1.96. The Labute approximate surface area is 102 Å². The first-order valence-electron chi connectivity index (χ1n) is 5.02. The Morgan fingerprint density at radius 1 is 1.47 bits per heavy atom. The molecule has 17 heavy (non-hydrogen) atoms. The van der Waals surface area contributed by atoms with E-state index in [1.54, 1.807) is 12.1 Å². The van der Waals surface area contributed by atoms with Crippen LogP contribution >= 0.6 is 11.8 Å². The molecular formula is C10H12N2O4S. The Morgan fingerprint density at radius 3 is 3.06 bits per heavy atom. The van der Waals surface area contributed by atoms with Crippen molar-refractivity contribution in [1.82, 2.24) is 10.1 Å². The highest BCUT2D eigenvalue weighted by Gasteiger charge is 2.11. The van der Waals surface area contributed by atoms with Gasteiger partial charge in [-0.25, -0.2) is 0 Å². The standard InChI is InChI=1S/C10H12N2O4S/c13-4-7(14)5-17-6-9-11-10(12-16-9)8-2-1-3-15-8/h1-3,7,13-14H,4-6H2/t7-/m1/s1. The minimum atomic E-state index is -0.715. The summed E-state index contributed by atoms with van der Waals surface area (Å²) < 4.78 is 10.1. The molecule has 0 radical (unpaired) electrons. The number of thioether (sulfide) groups is 1. The van der Waals surface area contributed by atoms with Crippen LogP contribution in [0, 0.1) is 0 Å². The maximum atomic E-state index is 9.14. The highest BCUT2D eigenvalue weighted by molar-refractivity contribution is 7.98. The van der Waals surface area contributed by atoms with Crippen LogP contribution in [-0.4, -0.2) is 38.8 Å². The third-order valence-corrected chi connectivity index (χ3v) is 3.03.